The molecule has 3 rings (SSSR count). The second-order valence-electron chi connectivity index (χ2n) is 5.32. The maximum Gasteiger partial charge on any atom is 0.225 e. The largest absolute Gasteiger partial charge is 0.336 e. The van der Waals surface area contributed by atoms with Crippen molar-refractivity contribution in [3.63, 3.8) is 0 Å². The zero-order chi connectivity index (χ0) is 16.8. The van der Waals surface area contributed by atoms with Crippen molar-refractivity contribution in [1.29, 1.82) is 0 Å². The van der Waals surface area contributed by atoms with Crippen LogP contribution in [0.4, 0.5) is 10.3 Å². The van der Waals surface area contributed by atoms with Gasteiger partial charge in [0.1, 0.15) is 5.82 Å². The van der Waals surface area contributed by atoms with Crippen LogP contribution < -0.4 is 4.90 Å². The molecule has 6 heteroatoms. The molecule has 0 saturated carbocycles. The van der Waals surface area contributed by atoms with E-state index in [9.17, 15) is 4.39 Å². The molecule has 0 amide bonds. The van der Waals surface area contributed by atoms with Gasteiger partial charge in [0, 0.05) is 31.4 Å². The van der Waals surface area contributed by atoms with Gasteiger partial charge in [-0.05, 0) is 29.8 Å². The summed E-state index contributed by atoms with van der Waals surface area (Å²) < 4.78 is 13.1. The van der Waals surface area contributed by atoms with Gasteiger partial charge >= 0.3 is 0 Å². The van der Waals surface area contributed by atoms with Crippen molar-refractivity contribution in [2.45, 2.75) is 13.0 Å². The average Bonchev–Trinajstić information content (AvgIpc) is 2.62. The molecule has 2 heterocycles. The van der Waals surface area contributed by atoms with Crippen molar-refractivity contribution in [3.05, 3.63) is 83.2 Å². The lowest BCUT2D eigenvalue weighted by Gasteiger charge is -2.22. The second-order valence-corrected chi connectivity index (χ2v) is 5.76. The van der Waals surface area contributed by atoms with Crippen molar-refractivity contribution >= 4 is 17.5 Å². The van der Waals surface area contributed by atoms with Gasteiger partial charge < -0.3 is 4.90 Å². The van der Waals surface area contributed by atoms with Crippen LogP contribution in [-0.2, 0) is 13.0 Å². The lowest BCUT2D eigenvalue weighted by atomic mass is 10.2. The minimum Gasteiger partial charge on any atom is -0.336 e. The number of benzene rings is 1. The number of rotatable bonds is 6. The van der Waals surface area contributed by atoms with E-state index >= 15 is 0 Å². The molecule has 122 valence electrons. The van der Waals surface area contributed by atoms with Crippen LogP contribution in [0.2, 0.25) is 5.02 Å². The number of hydrogen-bond acceptors (Lipinski definition) is 4. The number of halogens is 2. The van der Waals surface area contributed by atoms with E-state index in [1.54, 1.807) is 30.7 Å². The van der Waals surface area contributed by atoms with Gasteiger partial charge in [0.2, 0.25) is 5.95 Å². The molecule has 0 unspecified atom stereocenters. The molecule has 0 bridgehead atoms. The molecule has 0 radical (unpaired) electrons. The van der Waals surface area contributed by atoms with E-state index in [1.807, 2.05) is 23.1 Å². The van der Waals surface area contributed by atoms with Gasteiger partial charge in [-0.3, -0.25) is 4.98 Å². The van der Waals surface area contributed by atoms with Gasteiger partial charge in [0.15, 0.2) is 0 Å². The van der Waals surface area contributed by atoms with Crippen LogP contribution in [0, 0.1) is 5.82 Å². The molecule has 0 aliphatic carbocycles. The van der Waals surface area contributed by atoms with Gasteiger partial charge in [0.05, 0.1) is 17.4 Å². The molecular weight excluding hydrogens is 327 g/mol. The van der Waals surface area contributed by atoms with E-state index < -0.39 is 0 Å². The summed E-state index contributed by atoms with van der Waals surface area (Å²) in [5.41, 5.74) is 1.98. The highest BCUT2D eigenvalue weighted by Crippen LogP contribution is 2.15. The van der Waals surface area contributed by atoms with E-state index in [2.05, 4.69) is 15.0 Å². The third-order valence-electron chi connectivity index (χ3n) is 3.54. The molecule has 0 spiro atoms. The SMILES string of the molecule is Fc1ccc(CN(CCc2ccccn2)c2ncc(Cl)cn2)cc1. The van der Waals surface area contributed by atoms with Crippen LogP contribution in [0.25, 0.3) is 0 Å². The molecule has 0 aliphatic rings. The fourth-order valence-electron chi connectivity index (χ4n) is 2.32. The fraction of sp³-hybridized carbons (Fsp3) is 0.167. The molecule has 0 fully saturated rings. The molecule has 0 atom stereocenters. The minimum atomic E-state index is -0.249. The summed E-state index contributed by atoms with van der Waals surface area (Å²) in [5, 5.41) is 0.491. The van der Waals surface area contributed by atoms with Crippen molar-refractivity contribution in [3.8, 4) is 0 Å². The molecule has 3 aromatic rings. The summed E-state index contributed by atoms with van der Waals surface area (Å²) in [7, 11) is 0. The van der Waals surface area contributed by atoms with Crippen LogP contribution in [0.15, 0.2) is 61.1 Å². The van der Waals surface area contributed by atoms with E-state index in [1.165, 1.54) is 12.1 Å². The highest BCUT2D eigenvalue weighted by Gasteiger charge is 2.11. The van der Waals surface area contributed by atoms with Crippen LogP contribution in [0.3, 0.4) is 0 Å². The number of aromatic nitrogens is 3. The fourth-order valence-corrected chi connectivity index (χ4v) is 2.42. The smallest absolute Gasteiger partial charge is 0.225 e. The second kappa shape index (κ2) is 7.84. The van der Waals surface area contributed by atoms with Crippen LogP contribution in [0.1, 0.15) is 11.3 Å². The standard InChI is InChI=1S/C18H16ClFN4/c19-15-11-22-18(23-12-15)24(10-8-17-3-1-2-9-21-17)13-14-4-6-16(20)7-5-14/h1-7,9,11-12H,8,10,13H2. The average molecular weight is 343 g/mol. The molecule has 2 aromatic heterocycles. The Morgan fingerprint density at radius 3 is 2.38 bits per heavy atom. The number of pyridine rings is 1. The lowest BCUT2D eigenvalue weighted by molar-refractivity contribution is 0.626. The number of hydrogen-bond donors (Lipinski definition) is 0. The lowest BCUT2D eigenvalue weighted by Crippen LogP contribution is -2.27. The Morgan fingerprint density at radius 2 is 1.71 bits per heavy atom. The van der Waals surface area contributed by atoms with Gasteiger partial charge in [-0.25, -0.2) is 14.4 Å². The number of nitrogens with zero attached hydrogens (tertiary/aromatic N) is 4. The van der Waals surface area contributed by atoms with Crippen molar-refractivity contribution in [2.24, 2.45) is 0 Å². The first-order chi connectivity index (χ1) is 11.7. The zero-order valence-electron chi connectivity index (χ0n) is 12.9. The Kier molecular flexibility index (Phi) is 5.33. The first kappa shape index (κ1) is 16.3. The minimum absolute atomic E-state index is 0.249. The Labute approximate surface area is 145 Å². The highest BCUT2D eigenvalue weighted by atomic mass is 35.5. The summed E-state index contributed by atoms with van der Waals surface area (Å²) in [6, 6.07) is 12.3. The summed E-state index contributed by atoms with van der Waals surface area (Å²) in [4.78, 5) is 15.0. The van der Waals surface area contributed by atoms with Crippen molar-refractivity contribution < 1.29 is 4.39 Å². The van der Waals surface area contributed by atoms with E-state index in [4.69, 9.17) is 11.6 Å². The summed E-state index contributed by atoms with van der Waals surface area (Å²) in [6.45, 7) is 1.27. The molecule has 0 N–H and O–H groups in total. The first-order valence-electron chi connectivity index (χ1n) is 7.57. The monoisotopic (exact) mass is 342 g/mol. The Hall–Kier alpha value is -2.53. The third-order valence-corrected chi connectivity index (χ3v) is 3.74. The van der Waals surface area contributed by atoms with Gasteiger partial charge in [-0.15, -0.1) is 0 Å². The Morgan fingerprint density at radius 1 is 0.958 bits per heavy atom. The predicted octanol–water partition coefficient (Wildman–Crippen LogP) is 3.91. The molecule has 0 aliphatic heterocycles. The Bertz CT molecular complexity index is 763. The van der Waals surface area contributed by atoms with Crippen LogP contribution >= 0.6 is 11.6 Å². The summed E-state index contributed by atoms with van der Waals surface area (Å²) in [5.74, 6) is 0.334. The number of anilines is 1. The third kappa shape index (κ3) is 4.49. The van der Waals surface area contributed by atoms with Gasteiger partial charge in [0.25, 0.3) is 0 Å². The Balaban J connectivity index is 1.77. The van der Waals surface area contributed by atoms with Crippen LogP contribution in [-0.4, -0.2) is 21.5 Å². The summed E-state index contributed by atoms with van der Waals surface area (Å²) >= 11 is 5.87. The maximum atomic E-state index is 13.1. The molecule has 24 heavy (non-hydrogen) atoms. The topological polar surface area (TPSA) is 41.9 Å². The van der Waals surface area contributed by atoms with E-state index in [0.717, 1.165) is 17.7 Å². The van der Waals surface area contributed by atoms with E-state index in [-0.39, 0.29) is 5.82 Å². The first-order valence-corrected chi connectivity index (χ1v) is 7.95. The highest BCUT2D eigenvalue weighted by molar-refractivity contribution is 6.30. The quantitative estimate of drug-likeness (QED) is 0.681. The molecule has 4 nitrogen and oxygen atoms in total. The van der Waals surface area contributed by atoms with Crippen LogP contribution in [0.5, 0.6) is 0 Å². The van der Waals surface area contributed by atoms with Gasteiger partial charge in [-0.2, -0.15) is 0 Å². The molecule has 1 aromatic carbocycles. The van der Waals surface area contributed by atoms with Crippen molar-refractivity contribution in [2.75, 3.05) is 11.4 Å². The summed E-state index contributed by atoms with van der Waals surface area (Å²) in [6.07, 6.45) is 5.68. The normalized spacial score (nSPS) is 10.6. The zero-order valence-corrected chi connectivity index (χ0v) is 13.7. The van der Waals surface area contributed by atoms with Crippen molar-refractivity contribution in [1.82, 2.24) is 15.0 Å². The van der Waals surface area contributed by atoms with E-state index in [0.29, 0.717) is 24.1 Å². The maximum absolute atomic E-state index is 13.1. The predicted molar refractivity (Wildman–Crippen MR) is 92.4 cm³/mol. The molecule has 0 saturated heterocycles. The van der Waals surface area contributed by atoms with Gasteiger partial charge in [-0.1, -0.05) is 29.8 Å². The molecular formula is C18H16ClFN4.